The van der Waals surface area contributed by atoms with Crippen LogP contribution in [0, 0.1) is 0 Å². The Morgan fingerprint density at radius 1 is 1.16 bits per heavy atom. The van der Waals surface area contributed by atoms with E-state index in [0.29, 0.717) is 12.8 Å². The first-order valence-corrected chi connectivity index (χ1v) is 7.31. The maximum atomic E-state index is 11.8. The molecule has 2 unspecified atom stereocenters. The van der Waals surface area contributed by atoms with E-state index in [0.717, 1.165) is 17.3 Å². The van der Waals surface area contributed by atoms with Crippen molar-refractivity contribution in [2.24, 2.45) is 0 Å². The van der Waals surface area contributed by atoms with Gasteiger partial charge in [0.2, 0.25) is 11.8 Å². The monoisotopic (exact) mass is 322 g/mol. The molecule has 2 N–H and O–H groups in total. The molecule has 3 rings (SSSR count). The van der Waals surface area contributed by atoms with Crippen LogP contribution >= 0.6 is 15.9 Å². The molecular weight excluding hydrogens is 308 g/mol. The number of benzene rings is 1. The van der Waals surface area contributed by atoms with Crippen LogP contribution in [0.4, 0.5) is 0 Å². The molecule has 1 aliphatic carbocycles. The van der Waals surface area contributed by atoms with Crippen molar-refractivity contribution in [1.82, 2.24) is 10.6 Å². The zero-order valence-corrected chi connectivity index (χ0v) is 12.0. The molecular formula is C14H15BrN2O2. The van der Waals surface area contributed by atoms with E-state index in [9.17, 15) is 9.59 Å². The first-order valence-electron chi connectivity index (χ1n) is 6.52. The van der Waals surface area contributed by atoms with E-state index in [-0.39, 0.29) is 23.9 Å². The minimum atomic E-state index is -0.257. The number of amides is 2. The highest BCUT2D eigenvalue weighted by atomic mass is 79.9. The van der Waals surface area contributed by atoms with E-state index in [1.165, 1.54) is 11.1 Å². The molecule has 0 radical (unpaired) electrons. The van der Waals surface area contributed by atoms with E-state index in [1.54, 1.807) is 0 Å². The third kappa shape index (κ3) is 2.44. The second kappa shape index (κ2) is 5.06. The van der Waals surface area contributed by atoms with Gasteiger partial charge in [0.25, 0.3) is 0 Å². The molecule has 4 nitrogen and oxygen atoms in total. The summed E-state index contributed by atoms with van der Waals surface area (Å²) in [5.74, 6) is -0.364. The van der Waals surface area contributed by atoms with Gasteiger partial charge in [0.15, 0.2) is 0 Å². The summed E-state index contributed by atoms with van der Waals surface area (Å²) in [5, 5.41) is 5.78. The van der Waals surface area contributed by atoms with Gasteiger partial charge in [-0.25, -0.2) is 0 Å². The van der Waals surface area contributed by atoms with Gasteiger partial charge in [0.1, 0.15) is 0 Å². The fourth-order valence-corrected chi connectivity index (χ4v) is 3.46. The molecule has 19 heavy (non-hydrogen) atoms. The topological polar surface area (TPSA) is 58.2 Å². The molecule has 0 saturated carbocycles. The van der Waals surface area contributed by atoms with E-state index in [1.807, 2.05) is 12.1 Å². The molecule has 2 atom stereocenters. The number of hydrogen-bond acceptors (Lipinski definition) is 3. The number of halogens is 1. The lowest BCUT2D eigenvalue weighted by Gasteiger charge is -2.25. The number of carbonyl (C=O) groups excluding carboxylic acids is 2. The zero-order valence-electron chi connectivity index (χ0n) is 10.4. The predicted octanol–water partition coefficient (Wildman–Crippen LogP) is 1.83. The number of hydrogen-bond donors (Lipinski definition) is 2. The molecule has 1 saturated heterocycles. The Labute approximate surface area is 120 Å². The lowest BCUT2D eigenvalue weighted by Crippen LogP contribution is -2.51. The van der Waals surface area contributed by atoms with E-state index in [4.69, 9.17) is 0 Å². The molecule has 0 spiro atoms. The van der Waals surface area contributed by atoms with E-state index < -0.39 is 0 Å². The highest BCUT2D eigenvalue weighted by Crippen LogP contribution is 2.36. The Morgan fingerprint density at radius 2 is 1.95 bits per heavy atom. The van der Waals surface area contributed by atoms with E-state index in [2.05, 4.69) is 32.6 Å². The Morgan fingerprint density at radius 3 is 2.74 bits per heavy atom. The predicted molar refractivity (Wildman–Crippen MR) is 74.5 cm³/mol. The summed E-state index contributed by atoms with van der Waals surface area (Å²) in [6.45, 7) is 0. The summed E-state index contributed by atoms with van der Waals surface area (Å²) in [5.41, 5.74) is 2.59. The van der Waals surface area contributed by atoms with Crippen molar-refractivity contribution < 1.29 is 9.59 Å². The number of fused-ring (bicyclic) bond motifs is 1. The molecule has 1 heterocycles. The van der Waals surface area contributed by atoms with Crippen molar-refractivity contribution in [3.63, 3.8) is 0 Å². The average Bonchev–Trinajstić information content (AvgIpc) is 2.78. The number of imide groups is 1. The maximum absolute atomic E-state index is 11.8. The minimum absolute atomic E-state index is 0.169. The van der Waals surface area contributed by atoms with Crippen LogP contribution in [-0.4, -0.2) is 17.9 Å². The van der Waals surface area contributed by atoms with Gasteiger partial charge < -0.3 is 0 Å². The normalized spacial score (nSPS) is 26.2. The summed E-state index contributed by atoms with van der Waals surface area (Å²) in [4.78, 5) is 22.9. The van der Waals surface area contributed by atoms with Gasteiger partial charge in [0, 0.05) is 16.9 Å². The molecule has 5 heteroatoms. The van der Waals surface area contributed by atoms with Gasteiger partial charge in [-0.1, -0.05) is 28.1 Å². The third-order valence-electron chi connectivity index (χ3n) is 3.86. The SMILES string of the molecule is O=C1CCC(NC2CCc3c(Br)cccc32)C(=O)N1. The molecule has 1 aliphatic heterocycles. The number of piperidine rings is 1. The molecule has 100 valence electrons. The quantitative estimate of drug-likeness (QED) is 0.817. The van der Waals surface area contributed by atoms with Gasteiger partial charge in [0.05, 0.1) is 6.04 Å². The minimum Gasteiger partial charge on any atom is -0.299 e. The number of nitrogens with one attached hydrogen (secondary N) is 2. The highest BCUT2D eigenvalue weighted by molar-refractivity contribution is 9.10. The summed E-state index contributed by atoms with van der Waals surface area (Å²) < 4.78 is 1.14. The molecule has 0 aromatic heterocycles. The van der Waals surface area contributed by atoms with Gasteiger partial charge in [-0.2, -0.15) is 0 Å². The molecule has 1 aromatic carbocycles. The second-order valence-corrected chi connectivity index (χ2v) is 5.92. The average molecular weight is 323 g/mol. The number of rotatable bonds is 2. The Bertz CT molecular complexity index is 544. The van der Waals surface area contributed by atoms with Gasteiger partial charge in [-0.15, -0.1) is 0 Å². The van der Waals surface area contributed by atoms with E-state index >= 15 is 0 Å². The molecule has 0 bridgehead atoms. The van der Waals surface area contributed by atoms with Crippen molar-refractivity contribution in [2.75, 3.05) is 0 Å². The summed E-state index contributed by atoms with van der Waals surface area (Å²) >= 11 is 3.57. The van der Waals surface area contributed by atoms with Crippen LogP contribution < -0.4 is 10.6 Å². The lowest BCUT2D eigenvalue weighted by atomic mass is 10.0. The summed E-state index contributed by atoms with van der Waals surface area (Å²) in [7, 11) is 0. The van der Waals surface area contributed by atoms with Crippen LogP contribution in [0.3, 0.4) is 0 Å². The van der Waals surface area contributed by atoms with Crippen molar-refractivity contribution >= 4 is 27.7 Å². The highest BCUT2D eigenvalue weighted by Gasteiger charge is 2.31. The maximum Gasteiger partial charge on any atom is 0.243 e. The molecule has 1 fully saturated rings. The molecule has 1 aromatic rings. The van der Waals surface area contributed by atoms with Gasteiger partial charge in [-0.05, 0) is 36.5 Å². The second-order valence-electron chi connectivity index (χ2n) is 5.07. The smallest absolute Gasteiger partial charge is 0.243 e. The van der Waals surface area contributed by atoms with Gasteiger partial charge >= 0.3 is 0 Å². The number of carbonyl (C=O) groups is 2. The Balaban J connectivity index is 1.75. The zero-order chi connectivity index (χ0) is 13.4. The van der Waals surface area contributed by atoms with Crippen molar-refractivity contribution in [3.05, 3.63) is 33.8 Å². The van der Waals surface area contributed by atoms with Crippen molar-refractivity contribution in [1.29, 1.82) is 0 Å². The van der Waals surface area contributed by atoms with Crippen LogP contribution in [0.5, 0.6) is 0 Å². The molecule has 2 aliphatic rings. The van der Waals surface area contributed by atoms with Crippen LogP contribution in [0.15, 0.2) is 22.7 Å². The van der Waals surface area contributed by atoms with Crippen LogP contribution in [0.25, 0.3) is 0 Å². The van der Waals surface area contributed by atoms with Gasteiger partial charge in [-0.3, -0.25) is 20.2 Å². The largest absolute Gasteiger partial charge is 0.299 e. The Kier molecular flexibility index (Phi) is 3.41. The molecule has 2 amide bonds. The van der Waals surface area contributed by atoms with Crippen molar-refractivity contribution in [3.8, 4) is 0 Å². The summed E-state index contributed by atoms with van der Waals surface area (Å²) in [6.07, 6.45) is 3.02. The first-order chi connectivity index (χ1) is 9.15. The standard InChI is InChI=1S/C14H15BrN2O2/c15-10-3-1-2-9-8(10)4-5-11(9)16-12-6-7-13(18)17-14(12)19/h1-3,11-12,16H,4-7H2,(H,17,18,19). The van der Waals surface area contributed by atoms with Crippen LogP contribution in [-0.2, 0) is 16.0 Å². The van der Waals surface area contributed by atoms with Crippen LogP contribution in [0.2, 0.25) is 0 Å². The Hall–Kier alpha value is -1.20. The fourth-order valence-electron chi connectivity index (χ4n) is 2.88. The fraction of sp³-hybridized carbons (Fsp3) is 0.429. The lowest BCUT2D eigenvalue weighted by molar-refractivity contribution is -0.134. The summed E-state index contributed by atoms with van der Waals surface area (Å²) in [6, 6.07) is 6.13. The first kappa shape index (κ1) is 12.8. The van der Waals surface area contributed by atoms with Crippen molar-refractivity contribution in [2.45, 2.75) is 37.8 Å². The third-order valence-corrected chi connectivity index (χ3v) is 4.60. The van der Waals surface area contributed by atoms with Crippen LogP contribution in [0.1, 0.15) is 36.4 Å².